The third-order valence-corrected chi connectivity index (χ3v) is 7.53. The minimum absolute atomic E-state index is 0.0635. The van der Waals surface area contributed by atoms with Crippen LogP contribution in [0, 0.1) is 13.8 Å². The van der Waals surface area contributed by atoms with Crippen LogP contribution in [0.1, 0.15) is 22.7 Å². The zero-order chi connectivity index (χ0) is 22.3. The molecule has 8 nitrogen and oxygen atoms in total. The van der Waals surface area contributed by atoms with Gasteiger partial charge in [-0.05, 0) is 43.8 Å². The van der Waals surface area contributed by atoms with Gasteiger partial charge in [0.25, 0.3) is 15.9 Å². The summed E-state index contributed by atoms with van der Waals surface area (Å²) in [5.41, 5.74) is 2.40. The summed E-state index contributed by atoms with van der Waals surface area (Å²) in [6, 6.07) is 11.6. The minimum atomic E-state index is -4.08. The molecule has 2 aromatic rings. The molecule has 2 heterocycles. The molecular formula is C21H21N3O5S2. The molecule has 0 aliphatic carbocycles. The molecule has 31 heavy (non-hydrogen) atoms. The van der Waals surface area contributed by atoms with Crippen LogP contribution in [0.3, 0.4) is 0 Å². The number of hydrogen-bond acceptors (Lipinski definition) is 6. The molecule has 2 aliphatic heterocycles. The van der Waals surface area contributed by atoms with Gasteiger partial charge in [-0.15, -0.1) is 0 Å². The summed E-state index contributed by atoms with van der Waals surface area (Å²) in [6.07, 6.45) is -0.749. The number of nitrogens with one attached hydrogen (secondary N) is 1. The van der Waals surface area contributed by atoms with Crippen LogP contribution in [0.2, 0.25) is 0 Å². The molecule has 0 unspecified atom stereocenters. The number of nitrogens with zero attached hydrogens (tertiary/aromatic N) is 2. The van der Waals surface area contributed by atoms with Gasteiger partial charge in [-0.1, -0.05) is 47.5 Å². The number of carbonyl (C=O) groups excluding carboxylic acids is 2. The summed E-state index contributed by atoms with van der Waals surface area (Å²) in [5.74, 6) is -0.585. The summed E-state index contributed by atoms with van der Waals surface area (Å²) in [7, 11) is -4.08. The number of hydrogen-bond donors (Lipinski definition) is 1. The second-order valence-electron chi connectivity index (χ2n) is 7.50. The third kappa shape index (κ3) is 3.77. The van der Waals surface area contributed by atoms with Crippen molar-refractivity contribution in [1.29, 1.82) is 0 Å². The fourth-order valence-electron chi connectivity index (χ4n) is 3.76. The quantitative estimate of drug-likeness (QED) is 0.701. The van der Waals surface area contributed by atoms with Gasteiger partial charge in [-0.3, -0.25) is 4.79 Å². The first-order valence-corrected chi connectivity index (χ1v) is 11.5. The predicted molar refractivity (Wildman–Crippen MR) is 117 cm³/mol. The molecule has 1 N–H and O–H groups in total. The first kappa shape index (κ1) is 21.3. The molecule has 0 radical (unpaired) electrons. The van der Waals surface area contributed by atoms with E-state index in [4.69, 9.17) is 17.0 Å². The van der Waals surface area contributed by atoms with E-state index < -0.39 is 34.1 Å². The second kappa shape index (κ2) is 7.93. The monoisotopic (exact) mass is 459 g/mol. The molecule has 2 saturated heterocycles. The summed E-state index contributed by atoms with van der Waals surface area (Å²) in [4.78, 5) is 26.2. The first-order valence-electron chi connectivity index (χ1n) is 9.66. The van der Waals surface area contributed by atoms with Crippen LogP contribution in [-0.4, -0.2) is 53.9 Å². The lowest BCUT2D eigenvalue weighted by Crippen LogP contribution is -2.47. The van der Waals surface area contributed by atoms with E-state index in [1.165, 1.54) is 12.1 Å². The van der Waals surface area contributed by atoms with Crippen LogP contribution in [0.25, 0.3) is 0 Å². The zero-order valence-electron chi connectivity index (χ0n) is 16.9. The average Bonchev–Trinajstić information content (AvgIpc) is 3.31. The zero-order valence-corrected chi connectivity index (χ0v) is 18.6. The highest BCUT2D eigenvalue weighted by Crippen LogP contribution is 2.36. The van der Waals surface area contributed by atoms with Crippen LogP contribution < -0.4 is 5.32 Å². The molecule has 0 saturated carbocycles. The molecular weight excluding hydrogens is 438 g/mol. The molecule has 2 aromatic carbocycles. The lowest BCUT2D eigenvalue weighted by atomic mass is 9.98. The fraction of sp³-hybridized carbons (Fsp3) is 0.286. The third-order valence-electron chi connectivity index (χ3n) is 5.30. The molecule has 162 valence electrons. The molecule has 0 bridgehead atoms. The van der Waals surface area contributed by atoms with Gasteiger partial charge >= 0.3 is 6.09 Å². The number of carbonyl (C=O) groups is 2. The number of imide groups is 1. The highest BCUT2D eigenvalue weighted by atomic mass is 32.2. The van der Waals surface area contributed by atoms with Crippen LogP contribution in [0.4, 0.5) is 4.79 Å². The van der Waals surface area contributed by atoms with Crippen molar-refractivity contribution in [1.82, 2.24) is 14.5 Å². The van der Waals surface area contributed by atoms with E-state index in [0.717, 1.165) is 20.3 Å². The lowest BCUT2D eigenvalue weighted by Gasteiger charge is -2.28. The van der Waals surface area contributed by atoms with E-state index >= 15 is 0 Å². The Morgan fingerprint density at radius 1 is 1.13 bits per heavy atom. The Morgan fingerprint density at radius 2 is 1.84 bits per heavy atom. The standard InChI is InChI=1S/C21H21N3O5S2/c1-13-6-8-16(9-7-13)31(27,28)24-18(15-5-3-4-14(2)12-15)17(22-20(24)30)19(25)23-10-11-29-21(23)26/h3-9,12,17-18H,10-11H2,1-2H3,(H,22,30)/t17-,18-/m0/s1. The number of amides is 2. The van der Waals surface area contributed by atoms with Crippen molar-refractivity contribution in [3.63, 3.8) is 0 Å². The van der Waals surface area contributed by atoms with Crippen LogP contribution in [0.5, 0.6) is 0 Å². The number of ether oxygens (including phenoxy) is 1. The summed E-state index contributed by atoms with van der Waals surface area (Å²) in [6.45, 7) is 3.94. The van der Waals surface area contributed by atoms with Crippen molar-refractivity contribution in [2.45, 2.75) is 30.8 Å². The fourth-order valence-corrected chi connectivity index (χ4v) is 5.82. The van der Waals surface area contributed by atoms with E-state index in [1.807, 2.05) is 19.9 Å². The summed E-state index contributed by atoms with van der Waals surface area (Å²) < 4.78 is 33.1. The Bertz CT molecular complexity index is 1160. The van der Waals surface area contributed by atoms with Gasteiger partial charge in [0.05, 0.1) is 11.4 Å². The van der Waals surface area contributed by atoms with E-state index in [-0.39, 0.29) is 23.2 Å². The minimum Gasteiger partial charge on any atom is -0.447 e. The van der Waals surface area contributed by atoms with Crippen molar-refractivity contribution in [3.05, 3.63) is 65.2 Å². The van der Waals surface area contributed by atoms with Crippen molar-refractivity contribution >= 4 is 39.4 Å². The second-order valence-corrected chi connectivity index (χ2v) is 9.71. The summed E-state index contributed by atoms with van der Waals surface area (Å²) >= 11 is 5.37. The van der Waals surface area contributed by atoms with Gasteiger partial charge in [0.15, 0.2) is 5.11 Å². The Labute approximate surface area is 185 Å². The average molecular weight is 460 g/mol. The lowest BCUT2D eigenvalue weighted by molar-refractivity contribution is -0.130. The van der Waals surface area contributed by atoms with Crippen LogP contribution in [-0.2, 0) is 19.6 Å². The van der Waals surface area contributed by atoms with Crippen LogP contribution in [0.15, 0.2) is 53.4 Å². The Morgan fingerprint density at radius 3 is 2.45 bits per heavy atom. The van der Waals surface area contributed by atoms with Gasteiger partial charge < -0.3 is 10.1 Å². The van der Waals surface area contributed by atoms with Gasteiger partial charge in [-0.25, -0.2) is 22.4 Å². The van der Waals surface area contributed by atoms with Crippen molar-refractivity contribution in [2.24, 2.45) is 0 Å². The molecule has 2 fully saturated rings. The maximum absolute atomic E-state index is 13.6. The number of thiocarbonyl (C=S) groups is 1. The smallest absolute Gasteiger partial charge is 0.416 e. The molecule has 4 rings (SSSR count). The maximum atomic E-state index is 13.6. The molecule has 10 heteroatoms. The van der Waals surface area contributed by atoms with Crippen LogP contribution >= 0.6 is 12.2 Å². The number of cyclic esters (lactones) is 1. The molecule has 2 aliphatic rings. The van der Waals surface area contributed by atoms with E-state index in [9.17, 15) is 18.0 Å². The normalized spacial score (nSPS) is 21.2. The molecule has 0 aromatic heterocycles. The molecule has 2 amide bonds. The van der Waals surface area contributed by atoms with Gasteiger partial charge in [0.1, 0.15) is 18.7 Å². The molecule has 0 spiro atoms. The maximum Gasteiger partial charge on any atom is 0.416 e. The first-order chi connectivity index (χ1) is 14.7. The SMILES string of the molecule is Cc1ccc(S(=O)(=O)N2C(=S)N[C@H](C(=O)N3CCOC3=O)[C@@H]2c2cccc(C)c2)cc1. The number of aryl methyl sites for hydroxylation is 2. The Balaban J connectivity index is 1.81. The van der Waals surface area contributed by atoms with Crippen molar-refractivity contribution in [2.75, 3.05) is 13.2 Å². The van der Waals surface area contributed by atoms with E-state index in [2.05, 4.69) is 5.32 Å². The Kier molecular flexibility index (Phi) is 5.44. The topological polar surface area (TPSA) is 96.0 Å². The van der Waals surface area contributed by atoms with E-state index in [0.29, 0.717) is 5.56 Å². The van der Waals surface area contributed by atoms with E-state index in [1.54, 1.807) is 30.3 Å². The molecule has 2 atom stereocenters. The predicted octanol–water partition coefficient (Wildman–Crippen LogP) is 2.27. The van der Waals surface area contributed by atoms with Gasteiger partial charge in [0, 0.05) is 0 Å². The Hall–Kier alpha value is -2.98. The number of rotatable bonds is 4. The van der Waals surface area contributed by atoms with Gasteiger partial charge in [-0.2, -0.15) is 0 Å². The number of benzene rings is 2. The van der Waals surface area contributed by atoms with Crippen molar-refractivity contribution < 1.29 is 22.7 Å². The number of sulfonamides is 1. The largest absolute Gasteiger partial charge is 0.447 e. The van der Waals surface area contributed by atoms with Gasteiger partial charge in [0.2, 0.25) is 0 Å². The highest BCUT2D eigenvalue weighted by Gasteiger charge is 2.50. The van der Waals surface area contributed by atoms with Crippen molar-refractivity contribution in [3.8, 4) is 0 Å². The summed E-state index contributed by atoms with van der Waals surface area (Å²) in [5, 5.41) is 2.74. The highest BCUT2D eigenvalue weighted by molar-refractivity contribution is 7.91.